The molecular formula is C3H9NO3. The van der Waals surface area contributed by atoms with Gasteiger partial charge in [0.25, 0.3) is 0 Å². The van der Waals surface area contributed by atoms with E-state index in [-0.39, 0.29) is 0 Å². The van der Waals surface area contributed by atoms with Gasteiger partial charge in [-0.15, -0.1) is 0 Å². The summed E-state index contributed by atoms with van der Waals surface area (Å²) >= 11 is 0. The molecule has 0 aromatic carbocycles. The second-order valence-corrected chi connectivity index (χ2v) is 0.987. The Morgan fingerprint density at radius 2 is 1.71 bits per heavy atom. The predicted molar refractivity (Wildman–Crippen MR) is 23.1 cm³/mol. The van der Waals surface area contributed by atoms with Crippen molar-refractivity contribution < 1.29 is 16.7 Å². The Hall–Kier alpha value is -0.160. The first-order chi connectivity index (χ1) is 3.72. The van der Waals surface area contributed by atoms with Crippen molar-refractivity contribution in [3.8, 4) is 0 Å². The molecule has 0 bridgehead atoms. The van der Waals surface area contributed by atoms with E-state index < -0.39 is 20.2 Å². The monoisotopic (exact) mass is 108 g/mol. The van der Waals surface area contributed by atoms with Gasteiger partial charge in [-0.3, -0.25) is 0 Å². The largest absolute Gasteiger partial charge is 0.381 e. The van der Waals surface area contributed by atoms with Gasteiger partial charge < -0.3 is 15.3 Å². The van der Waals surface area contributed by atoms with Crippen molar-refractivity contribution in [2.75, 3.05) is 20.2 Å². The zero-order chi connectivity index (χ0) is 6.57. The number of aliphatic hydroxyl groups is 3. The molecule has 1 unspecified atom stereocenters. The molecule has 0 saturated heterocycles. The highest BCUT2D eigenvalue weighted by molar-refractivity contribution is 4.28. The topological polar surface area (TPSA) is 63.9 Å². The summed E-state index contributed by atoms with van der Waals surface area (Å²) in [4.78, 5) is 0.750. The summed E-state index contributed by atoms with van der Waals surface area (Å²) < 4.78 is 6.50. The van der Waals surface area contributed by atoms with Gasteiger partial charge in [-0.1, -0.05) is 0 Å². The second kappa shape index (κ2) is 4.01. The van der Waals surface area contributed by atoms with Crippen molar-refractivity contribution in [1.29, 1.82) is 0 Å². The molecule has 0 fully saturated rings. The second-order valence-electron chi connectivity index (χ2n) is 0.987. The van der Waals surface area contributed by atoms with E-state index in [1.54, 1.807) is 0 Å². The van der Waals surface area contributed by atoms with Gasteiger partial charge in [-0.2, -0.15) is 0 Å². The molecule has 0 aromatic heterocycles. The number of nitrogens with zero attached hydrogens (tertiary/aromatic N) is 1. The summed E-state index contributed by atoms with van der Waals surface area (Å²) in [5.41, 5.74) is 0. The highest BCUT2D eigenvalue weighted by atomic mass is 16.3. The van der Waals surface area contributed by atoms with Crippen LogP contribution in [0.15, 0.2) is 0 Å². The third-order valence-electron chi connectivity index (χ3n) is 0.527. The molecular weight excluding hydrogens is 98.0 g/mol. The number of rotatable bonds is 3. The van der Waals surface area contributed by atoms with Gasteiger partial charge in [-0.05, 0) is 0 Å². The Kier molecular flexibility index (Phi) is 2.86. The lowest BCUT2D eigenvalue weighted by Crippen LogP contribution is -2.26. The van der Waals surface area contributed by atoms with Gasteiger partial charge in [0.15, 0.2) is 0 Å². The molecule has 0 aliphatic heterocycles. The van der Waals surface area contributed by atoms with Gasteiger partial charge in [-0.25, -0.2) is 4.90 Å². The molecule has 3 N–H and O–H groups in total. The minimum absolute atomic E-state index is 0.513. The summed E-state index contributed by atoms with van der Waals surface area (Å²) in [7, 11) is 0. The summed E-state index contributed by atoms with van der Waals surface area (Å²) in [6.45, 7) is -2.56. The lowest BCUT2D eigenvalue weighted by molar-refractivity contribution is -0.0268. The highest BCUT2D eigenvalue weighted by Gasteiger charge is 1.93. The van der Waals surface area contributed by atoms with Gasteiger partial charge in [0.1, 0.15) is 0 Å². The van der Waals surface area contributed by atoms with Gasteiger partial charge in [0.05, 0.1) is 21.5 Å². The van der Waals surface area contributed by atoms with Crippen LogP contribution in [0.1, 0.15) is 1.37 Å². The van der Waals surface area contributed by atoms with Crippen LogP contribution in [0.2, 0.25) is 0 Å². The van der Waals surface area contributed by atoms with E-state index in [4.69, 9.17) is 16.7 Å². The van der Waals surface area contributed by atoms with Crippen LogP contribution in [0.4, 0.5) is 0 Å². The zero-order valence-electron chi connectivity index (χ0n) is 4.78. The third-order valence-corrected chi connectivity index (χ3v) is 0.527. The molecule has 4 nitrogen and oxygen atoms in total. The molecule has 0 amide bonds. The molecule has 0 spiro atoms. The van der Waals surface area contributed by atoms with Gasteiger partial charge in [0, 0.05) is 0 Å². The Balaban J connectivity index is 3.35. The molecule has 1 atom stereocenters. The summed E-state index contributed by atoms with van der Waals surface area (Å²) in [5.74, 6) is 0. The minimum Gasteiger partial charge on any atom is -0.381 e. The fourth-order valence-electron chi connectivity index (χ4n) is 0.118. The standard InChI is InChI=1S/C3H9NO3/c5-1-4(2-6)3-7/h5-7H,1-3H2/i1D. The Labute approximate surface area is 43.0 Å². The Bertz CT molecular complexity index is 56.5. The average molecular weight is 108 g/mol. The molecule has 44 valence electrons. The van der Waals surface area contributed by atoms with Crippen LogP contribution in [-0.2, 0) is 0 Å². The lowest BCUT2D eigenvalue weighted by Gasteiger charge is -2.09. The molecule has 0 radical (unpaired) electrons. The molecule has 0 saturated carbocycles. The fraction of sp³-hybridized carbons (Fsp3) is 1.00. The van der Waals surface area contributed by atoms with E-state index in [1.807, 2.05) is 0 Å². The number of hydrogen-bond acceptors (Lipinski definition) is 4. The van der Waals surface area contributed by atoms with Crippen LogP contribution < -0.4 is 0 Å². The zero-order valence-corrected chi connectivity index (χ0v) is 3.78. The van der Waals surface area contributed by atoms with Crippen molar-refractivity contribution in [1.82, 2.24) is 4.90 Å². The van der Waals surface area contributed by atoms with Crippen LogP contribution in [0.5, 0.6) is 0 Å². The normalized spacial score (nSPS) is 16.9. The Morgan fingerprint density at radius 1 is 1.29 bits per heavy atom. The molecule has 7 heavy (non-hydrogen) atoms. The maximum Gasteiger partial charge on any atom is 0.0993 e. The molecule has 0 aromatic rings. The SMILES string of the molecule is [2H]C(O)N(CO)CO. The minimum atomic E-state index is -1.54. The molecule has 0 rings (SSSR count). The van der Waals surface area contributed by atoms with Crippen LogP contribution in [0.3, 0.4) is 0 Å². The predicted octanol–water partition coefficient (Wildman–Crippen LogP) is -1.86. The maximum absolute atomic E-state index is 8.28. The first-order valence-electron chi connectivity index (χ1n) is 2.36. The fourth-order valence-corrected chi connectivity index (χ4v) is 0.118. The first kappa shape index (κ1) is 4.99. The smallest absolute Gasteiger partial charge is 0.0993 e. The summed E-state index contributed by atoms with van der Waals surface area (Å²) in [5, 5.41) is 24.6. The van der Waals surface area contributed by atoms with E-state index in [0.717, 1.165) is 4.90 Å². The van der Waals surface area contributed by atoms with Crippen molar-refractivity contribution in [2.24, 2.45) is 0 Å². The average Bonchev–Trinajstić information content (AvgIpc) is 1.69. The van der Waals surface area contributed by atoms with Crippen molar-refractivity contribution in [2.45, 2.75) is 0 Å². The quantitative estimate of drug-likeness (QED) is 0.371. The maximum atomic E-state index is 8.28. The Morgan fingerprint density at radius 3 is 1.71 bits per heavy atom. The molecule has 0 aliphatic rings. The van der Waals surface area contributed by atoms with Crippen molar-refractivity contribution in [3.63, 3.8) is 0 Å². The number of hydrogen-bond donors (Lipinski definition) is 3. The van der Waals surface area contributed by atoms with E-state index in [9.17, 15) is 0 Å². The summed E-state index contributed by atoms with van der Waals surface area (Å²) in [6, 6.07) is 0. The number of aliphatic hydroxyl groups excluding tert-OH is 3. The first-order valence-corrected chi connectivity index (χ1v) is 1.78. The molecule has 4 heteroatoms. The molecule has 0 aliphatic carbocycles. The van der Waals surface area contributed by atoms with Gasteiger partial charge in [0.2, 0.25) is 0 Å². The lowest BCUT2D eigenvalue weighted by atomic mass is 10.9. The molecule has 0 heterocycles. The van der Waals surface area contributed by atoms with E-state index >= 15 is 0 Å². The highest BCUT2D eigenvalue weighted by Crippen LogP contribution is 1.75. The van der Waals surface area contributed by atoms with Gasteiger partial charge >= 0.3 is 0 Å². The van der Waals surface area contributed by atoms with Crippen LogP contribution in [0.25, 0.3) is 0 Å². The van der Waals surface area contributed by atoms with Crippen molar-refractivity contribution in [3.05, 3.63) is 0 Å². The van der Waals surface area contributed by atoms with Crippen LogP contribution in [0, 0.1) is 0 Å². The van der Waals surface area contributed by atoms with E-state index in [0.29, 0.717) is 0 Å². The third kappa shape index (κ3) is 2.52. The summed E-state index contributed by atoms with van der Waals surface area (Å²) in [6.07, 6.45) is 0. The van der Waals surface area contributed by atoms with E-state index in [1.165, 1.54) is 0 Å². The van der Waals surface area contributed by atoms with Crippen LogP contribution in [-0.4, -0.2) is 40.4 Å². The van der Waals surface area contributed by atoms with E-state index in [2.05, 4.69) is 0 Å². The van der Waals surface area contributed by atoms with Crippen molar-refractivity contribution >= 4 is 0 Å². The van der Waals surface area contributed by atoms with Crippen LogP contribution >= 0.6 is 0 Å².